The summed E-state index contributed by atoms with van der Waals surface area (Å²) < 4.78 is 26.7. The van der Waals surface area contributed by atoms with Crippen LogP contribution in [0.1, 0.15) is 38.5 Å². The van der Waals surface area contributed by atoms with E-state index in [9.17, 15) is 8.42 Å². The van der Waals surface area contributed by atoms with Crippen molar-refractivity contribution in [2.75, 3.05) is 18.8 Å². The molecule has 0 aromatic carbocycles. The van der Waals surface area contributed by atoms with E-state index < -0.39 is 10.0 Å². The maximum Gasteiger partial charge on any atom is 0.212 e. The topological polar surface area (TPSA) is 58.2 Å². The molecule has 0 aromatic rings. The standard InChI is InChI=1S/C11H22N2O2S/c14-16(15,9-10-4-1-2-5-10)13-11-6-3-7-12-8-11/h10-13H,1-9H2/t11-/m1/s1. The van der Waals surface area contributed by atoms with Gasteiger partial charge in [-0.2, -0.15) is 0 Å². The second kappa shape index (κ2) is 5.47. The summed E-state index contributed by atoms with van der Waals surface area (Å²) in [7, 11) is -3.05. The van der Waals surface area contributed by atoms with Gasteiger partial charge in [-0.3, -0.25) is 0 Å². The van der Waals surface area contributed by atoms with Gasteiger partial charge >= 0.3 is 0 Å². The Balaban J connectivity index is 1.81. The zero-order valence-electron chi connectivity index (χ0n) is 9.74. The molecule has 2 aliphatic rings. The summed E-state index contributed by atoms with van der Waals surface area (Å²) in [5, 5.41) is 3.22. The fourth-order valence-corrected chi connectivity index (χ4v) is 4.50. The predicted octanol–water partition coefficient (Wildman–Crippen LogP) is 0.848. The van der Waals surface area contributed by atoms with Crippen LogP contribution >= 0.6 is 0 Å². The first-order chi connectivity index (χ1) is 7.66. The van der Waals surface area contributed by atoms with Crippen LogP contribution in [0.2, 0.25) is 0 Å². The van der Waals surface area contributed by atoms with Crippen LogP contribution in [0.25, 0.3) is 0 Å². The van der Waals surface area contributed by atoms with Gasteiger partial charge in [0.05, 0.1) is 5.75 Å². The Hall–Kier alpha value is -0.130. The van der Waals surface area contributed by atoms with Crippen molar-refractivity contribution in [3.63, 3.8) is 0 Å². The second-order valence-corrected chi connectivity index (χ2v) is 6.89. The Kier molecular flexibility index (Phi) is 4.21. The number of nitrogens with one attached hydrogen (secondary N) is 2. The summed E-state index contributed by atoms with van der Waals surface area (Å²) in [5.74, 6) is 0.734. The smallest absolute Gasteiger partial charge is 0.212 e. The third-order valence-electron chi connectivity index (χ3n) is 3.57. The predicted molar refractivity (Wildman–Crippen MR) is 64.8 cm³/mol. The van der Waals surface area contributed by atoms with Gasteiger partial charge in [0.1, 0.15) is 0 Å². The van der Waals surface area contributed by atoms with Crippen LogP contribution in [-0.2, 0) is 10.0 Å². The van der Waals surface area contributed by atoms with Crippen molar-refractivity contribution in [3.05, 3.63) is 0 Å². The zero-order chi connectivity index (χ0) is 11.4. The van der Waals surface area contributed by atoms with Crippen LogP contribution in [0, 0.1) is 5.92 Å². The highest BCUT2D eigenvalue weighted by Crippen LogP contribution is 2.25. The molecule has 0 aromatic heterocycles. The Bertz CT molecular complexity index is 304. The van der Waals surface area contributed by atoms with Crippen LogP contribution in [-0.4, -0.2) is 33.3 Å². The van der Waals surface area contributed by atoms with E-state index in [0.29, 0.717) is 11.7 Å². The summed E-state index contributed by atoms with van der Waals surface area (Å²) in [5.41, 5.74) is 0. The van der Waals surface area contributed by atoms with Gasteiger partial charge in [-0.1, -0.05) is 12.8 Å². The lowest BCUT2D eigenvalue weighted by Gasteiger charge is -2.24. The van der Waals surface area contributed by atoms with E-state index in [0.717, 1.165) is 38.8 Å². The first-order valence-corrected chi connectivity index (χ1v) is 8.02. The molecule has 1 heterocycles. The third kappa shape index (κ3) is 3.71. The molecule has 1 aliphatic carbocycles. The average molecular weight is 246 g/mol. The van der Waals surface area contributed by atoms with Crippen molar-refractivity contribution in [3.8, 4) is 0 Å². The number of piperidine rings is 1. The Labute approximate surface area is 98.2 Å². The summed E-state index contributed by atoms with van der Waals surface area (Å²) >= 11 is 0. The molecule has 1 aliphatic heterocycles. The molecule has 2 rings (SSSR count). The van der Waals surface area contributed by atoms with Crippen molar-refractivity contribution in [2.24, 2.45) is 5.92 Å². The molecule has 5 heteroatoms. The fraction of sp³-hybridized carbons (Fsp3) is 1.00. The lowest BCUT2D eigenvalue weighted by Crippen LogP contribution is -2.46. The maximum absolute atomic E-state index is 11.9. The summed E-state index contributed by atoms with van der Waals surface area (Å²) in [6.07, 6.45) is 6.61. The Morgan fingerprint density at radius 1 is 1.12 bits per heavy atom. The minimum absolute atomic E-state index is 0.111. The molecule has 2 fully saturated rings. The molecule has 0 unspecified atom stereocenters. The lowest BCUT2D eigenvalue weighted by atomic mass is 10.1. The molecule has 1 saturated carbocycles. The first kappa shape index (κ1) is 12.3. The van der Waals surface area contributed by atoms with Gasteiger partial charge in [-0.25, -0.2) is 13.1 Å². The highest BCUT2D eigenvalue weighted by Gasteiger charge is 2.25. The third-order valence-corrected chi connectivity index (χ3v) is 5.18. The van der Waals surface area contributed by atoms with E-state index in [1.165, 1.54) is 12.8 Å². The molecule has 16 heavy (non-hydrogen) atoms. The van der Waals surface area contributed by atoms with E-state index in [1.54, 1.807) is 0 Å². The first-order valence-electron chi connectivity index (χ1n) is 6.36. The summed E-state index contributed by atoms with van der Waals surface area (Å²) in [6.45, 7) is 1.80. The SMILES string of the molecule is O=S(=O)(CC1CCCC1)N[C@@H]1CCCNC1. The molecule has 2 N–H and O–H groups in total. The van der Waals surface area contributed by atoms with Crippen LogP contribution in [0.4, 0.5) is 0 Å². The van der Waals surface area contributed by atoms with Crippen LogP contribution in [0.5, 0.6) is 0 Å². The quantitative estimate of drug-likeness (QED) is 0.773. The molecule has 1 atom stereocenters. The van der Waals surface area contributed by atoms with Crippen LogP contribution in [0.15, 0.2) is 0 Å². The lowest BCUT2D eigenvalue weighted by molar-refractivity contribution is 0.426. The molecule has 4 nitrogen and oxygen atoms in total. The van der Waals surface area contributed by atoms with Crippen molar-refractivity contribution < 1.29 is 8.42 Å². The number of sulfonamides is 1. The molecule has 0 radical (unpaired) electrons. The van der Waals surface area contributed by atoms with Crippen LogP contribution in [0.3, 0.4) is 0 Å². The molecule has 94 valence electrons. The number of rotatable bonds is 4. The minimum Gasteiger partial charge on any atom is -0.315 e. The molecule has 0 amide bonds. The van der Waals surface area contributed by atoms with Gasteiger partial charge in [0.2, 0.25) is 10.0 Å². The fourth-order valence-electron chi connectivity index (χ4n) is 2.74. The van der Waals surface area contributed by atoms with E-state index in [4.69, 9.17) is 0 Å². The van der Waals surface area contributed by atoms with Gasteiger partial charge in [0.15, 0.2) is 0 Å². The van der Waals surface area contributed by atoms with Crippen LogP contribution < -0.4 is 10.0 Å². The highest BCUT2D eigenvalue weighted by molar-refractivity contribution is 7.89. The molecular weight excluding hydrogens is 224 g/mol. The van der Waals surface area contributed by atoms with Crippen molar-refractivity contribution in [1.29, 1.82) is 0 Å². The monoisotopic (exact) mass is 246 g/mol. The largest absolute Gasteiger partial charge is 0.315 e. The van der Waals surface area contributed by atoms with E-state index >= 15 is 0 Å². The molecule has 0 bridgehead atoms. The maximum atomic E-state index is 11.9. The molecular formula is C11H22N2O2S. The molecule has 0 spiro atoms. The Morgan fingerprint density at radius 3 is 2.50 bits per heavy atom. The summed E-state index contributed by atoms with van der Waals surface area (Å²) in [6, 6.07) is 0.111. The zero-order valence-corrected chi connectivity index (χ0v) is 10.6. The number of hydrogen-bond acceptors (Lipinski definition) is 3. The highest BCUT2D eigenvalue weighted by atomic mass is 32.2. The second-order valence-electron chi connectivity index (χ2n) is 5.09. The minimum atomic E-state index is -3.05. The van der Waals surface area contributed by atoms with E-state index in [2.05, 4.69) is 10.0 Å². The van der Waals surface area contributed by atoms with Gasteiger partial charge in [0, 0.05) is 12.6 Å². The van der Waals surface area contributed by atoms with E-state index in [-0.39, 0.29) is 6.04 Å². The normalized spacial score (nSPS) is 28.4. The van der Waals surface area contributed by atoms with Gasteiger partial charge in [-0.15, -0.1) is 0 Å². The number of hydrogen-bond donors (Lipinski definition) is 2. The van der Waals surface area contributed by atoms with E-state index in [1.807, 2.05) is 0 Å². The van der Waals surface area contributed by atoms with Gasteiger partial charge < -0.3 is 5.32 Å². The van der Waals surface area contributed by atoms with Crippen molar-refractivity contribution in [1.82, 2.24) is 10.0 Å². The van der Waals surface area contributed by atoms with Crippen molar-refractivity contribution in [2.45, 2.75) is 44.6 Å². The molecule has 1 saturated heterocycles. The average Bonchev–Trinajstić information content (AvgIpc) is 2.70. The van der Waals surface area contributed by atoms with Gasteiger partial charge in [0.25, 0.3) is 0 Å². The Morgan fingerprint density at radius 2 is 1.88 bits per heavy atom. The van der Waals surface area contributed by atoms with Crippen molar-refractivity contribution >= 4 is 10.0 Å². The van der Waals surface area contributed by atoms with Gasteiger partial charge in [-0.05, 0) is 38.1 Å². The summed E-state index contributed by atoms with van der Waals surface area (Å²) in [4.78, 5) is 0.